The number of hydrogen-bond acceptors (Lipinski definition) is 1. The summed E-state index contributed by atoms with van der Waals surface area (Å²) in [5.41, 5.74) is 2.33. The molecule has 0 atom stereocenters. The highest BCUT2D eigenvalue weighted by atomic mass is 35.5. The lowest BCUT2D eigenvalue weighted by molar-refractivity contribution is 0.286. The Morgan fingerprint density at radius 1 is 0.833 bits per heavy atom. The molecule has 0 N–H and O–H groups in total. The van der Waals surface area contributed by atoms with Crippen molar-refractivity contribution >= 4 is 30.3 Å². The zero-order valence-corrected chi connectivity index (χ0v) is 20.5. The second-order valence-electron chi connectivity index (χ2n) is 9.48. The van der Waals surface area contributed by atoms with Crippen LogP contribution in [0.5, 0.6) is 0 Å². The molecule has 3 heteroatoms. The molecule has 3 rings (SSSR count). The molecular formula is C27H33ClOSi. The largest absolute Gasteiger partial charge is 0.403 e. The Morgan fingerprint density at radius 3 is 1.80 bits per heavy atom. The summed E-state index contributed by atoms with van der Waals surface area (Å²) in [5.74, 6) is 0.611. The van der Waals surface area contributed by atoms with Crippen LogP contribution in [0.15, 0.2) is 78.9 Å². The van der Waals surface area contributed by atoms with Crippen molar-refractivity contribution in [2.45, 2.75) is 52.7 Å². The Bertz CT molecular complexity index is 906. The first-order chi connectivity index (χ1) is 14.2. The van der Waals surface area contributed by atoms with Crippen LogP contribution >= 0.6 is 11.6 Å². The van der Waals surface area contributed by atoms with E-state index in [1.807, 2.05) is 0 Å². The zero-order chi connectivity index (χ0) is 21.8. The minimum atomic E-state index is -2.55. The molecule has 3 aromatic carbocycles. The van der Waals surface area contributed by atoms with E-state index in [0.29, 0.717) is 12.5 Å². The third-order valence-electron chi connectivity index (χ3n) is 5.62. The third kappa shape index (κ3) is 4.88. The summed E-state index contributed by atoms with van der Waals surface area (Å²) in [4.78, 5) is 0. The number of hydrogen-bond donors (Lipinski definition) is 0. The molecule has 0 unspecified atom stereocenters. The first-order valence-electron chi connectivity index (χ1n) is 10.8. The van der Waals surface area contributed by atoms with Gasteiger partial charge in [0.05, 0.1) is 6.61 Å². The Hall–Kier alpha value is -1.87. The highest BCUT2D eigenvalue weighted by Crippen LogP contribution is 2.37. The standard InChI is InChI=1S/C27H33ClOSi/c1-21(2)18-22-16-17-23(26(28)19-22)20-29-30(27(3,4)5,24-12-8-6-9-13-24)25-14-10-7-11-15-25/h6-17,19,21H,18,20H2,1-5H3. The smallest absolute Gasteiger partial charge is 0.261 e. The molecule has 0 spiro atoms. The average molecular weight is 437 g/mol. The van der Waals surface area contributed by atoms with Gasteiger partial charge in [0.1, 0.15) is 0 Å². The van der Waals surface area contributed by atoms with Gasteiger partial charge in [-0.25, -0.2) is 0 Å². The summed E-state index contributed by atoms with van der Waals surface area (Å²) in [6.45, 7) is 11.9. The van der Waals surface area contributed by atoms with E-state index in [1.165, 1.54) is 15.9 Å². The molecule has 0 radical (unpaired) electrons. The second-order valence-corrected chi connectivity index (χ2v) is 14.2. The first kappa shape index (κ1) is 22.8. The lowest BCUT2D eigenvalue weighted by atomic mass is 10.0. The van der Waals surface area contributed by atoms with Crippen molar-refractivity contribution in [3.8, 4) is 0 Å². The Balaban J connectivity index is 2.02. The van der Waals surface area contributed by atoms with Gasteiger partial charge in [0.25, 0.3) is 8.32 Å². The van der Waals surface area contributed by atoms with Crippen molar-refractivity contribution in [1.29, 1.82) is 0 Å². The monoisotopic (exact) mass is 436 g/mol. The molecule has 0 bridgehead atoms. The Kier molecular flexibility index (Phi) is 7.23. The molecule has 0 heterocycles. The molecule has 0 saturated carbocycles. The maximum atomic E-state index is 7.01. The van der Waals surface area contributed by atoms with Gasteiger partial charge >= 0.3 is 0 Å². The van der Waals surface area contributed by atoms with E-state index >= 15 is 0 Å². The molecule has 0 amide bonds. The van der Waals surface area contributed by atoms with Gasteiger partial charge < -0.3 is 4.43 Å². The van der Waals surface area contributed by atoms with Crippen LogP contribution in [0.3, 0.4) is 0 Å². The Morgan fingerprint density at radius 2 is 1.37 bits per heavy atom. The van der Waals surface area contributed by atoms with Crippen molar-refractivity contribution in [3.63, 3.8) is 0 Å². The molecule has 30 heavy (non-hydrogen) atoms. The lowest BCUT2D eigenvalue weighted by Crippen LogP contribution is -2.66. The molecule has 0 saturated heterocycles. The van der Waals surface area contributed by atoms with Gasteiger partial charge in [0.2, 0.25) is 0 Å². The van der Waals surface area contributed by atoms with Gasteiger partial charge in [-0.2, -0.15) is 0 Å². The lowest BCUT2D eigenvalue weighted by Gasteiger charge is -2.43. The summed E-state index contributed by atoms with van der Waals surface area (Å²) < 4.78 is 7.01. The van der Waals surface area contributed by atoms with Crippen LogP contribution in [0.2, 0.25) is 10.1 Å². The van der Waals surface area contributed by atoms with E-state index in [0.717, 1.165) is 17.0 Å². The van der Waals surface area contributed by atoms with Gasteiger partial charge in [-0.15, -0.1) is 0 Å². The topological polar surface area (TPSA) is 9.23 Å². The highest BCUT2D eigenvalue weighted by molar-refractivity contribution is 6.99. The minimum absolute atomic E-state index is 0.0419. The van der Waals surface area contributed by atoms with Gasteiger partial charge in [-0.3, -0.25) is 0 Å². The molecule has 0 fully saturated rings. The van der Waals surface area contributed by atoms with E-state index in [1.54, 1.807) is 0 Å². The fourth-order valence-electron chi connectivity index (χ4n) is 4.25. The highest BCUT2D eigenvalue weighted by Gasteiger charge is 2.50. The van der Waals surface area contributed by atoms with Gasteiger partial charge in [-0.05, 0) is 44.9 Å². The van der Waals surface area contributed by atoms with Gasteiger partial charge in [0.15, 0.2) is 0 Å². The van der Waals surface area contributed by atoms with Crippen LogP contribution in [0, 0.1) is 5.92 Å². The first-order valence-corrected chi connectivity index (χ1v) is 13.0. The van der Waals surface area contributed by atoms with Gasteiger partial charge in [0, 0.05) is 5.02 Å². The fourth-order valence-corrected chi connectivity index (χ4v) is 9.04. The van der Waals surface area contributed by atoms with Crippen molar-refractivity contribution in [2.24, 2.45) is 5.92 Å². The summed E-state index contributed by atoms with van der Waals surface area (Å²) in [6.07, 6.45) is 1.04. The second kappa shape index (κ2) is 9.51. The van der Waals surface area contributed by atoms with Crippen LogP contribution in [0.4, 0.5) is 0 Å². The van der Waals surface area contributed by atoms with Gasteiger partial charge in [-0.1, -0.05) is 119 Å². The van der Waals surface area contributed by atoms with Crippen LogP contribution in [0.25, 0.3) is 0 Å². The molecular weight excluding hydrogens is 404 g/mol. The quantitative estimate of drug-likeness (QED) is 0.378. The molecule has 0 aliphatic rings. The van der Waals surface area contributed by atoms with Crippen molar-refractivity contribution < 1.29 is 4.43 Å². The zero-order valence-electron chi connectivity index (χ0n) is 18.8. The van der Waals surface area contributed by atoms with E-state index in [-0.39, 0.29) is 5.04 Å². The number of halogens is 1. The van der Waals surface area contributed by atoms with Crippen molar-refractivity contribution in [2.75, 3.05) is 0 Å². The predicted molar refractivity (Wildman–Crippen MR) is 132 cm³/mol. The van der Waals surface area contributed by atoms with Crippen LogP contribution < -0.4 is 10.4 Å². The number of benzene rings is 3. The maximum Gasteiger partial charge on any atom is 0.261 e. The van der Waals surface area contributed by atoms with E-state index in [2.05, 4.69) is 113 Å². The normalized spacial score (nSPS) is 12.4. The molecule has 0 aliphatic carbocycles. The summed E-state index contributed by atoms with van der Waals surface area (Å²) in [6, 6.07) is 27.9. The Labute approximate surface area is 188 Å². The SMILES string of the molecule is CC(C)Cc1ccc(CO[Si](c2ccccc2)(c2ccccc2)C(C)(C)C)c(Cl)c1. The fraction of sp³-hybridized carbons (Fsp3) is 0.333. The maximum absolute atomic E-state index is 7.01. The van der Waals surface area contributed by atoms with Crippen molar-refractivity contribution in [1.82, 2.24) is 0 Å². The van der Waals surface area contributed by atoms with E-state index < -0.39 is 8.32 Å². The molecule has 0 aliphatic heterocycles. The van der Waals surface area contributed by atoms with E-state index in [9.17, 15) is 0 Å². The predicted octanol–water partition coefficient (Wildman–Crippen LogP) is 6.62. The average Bonchev–Trinajstić information content (AvgIpc) is 2.70. The summed E-state index contributed by atoms with van der Waals surface area (Å²) in [7, 11) is -2.55. The van der Waals surface area contributed by atoms with Crippen LogP contribution in [-0.2, 0) is 17.5 Å². The van der Waals surface area contributed by atoms with E-state index in [4.69, 9.17) is 16.0 Å². The van der Waals surface area contributed by atoms with Crippen LogP contribution in [-0.4, -0.2) is 8.32 Å². The summed E-state index contributed by atoms with van der Waals surface area (Å²) in [5, 5.41) is 3.33. The molecule has 3 aromatic rings. The number of rotatable bonds is 7. The van der Waals surface area contributed by atoms with Crippen molar-refractivity contribution in [3.05, 3.63) is 95.0 Å². The summed E-state index contributed by atoms with van der Waals surface area (Å²) >= 11 is 6.68. The third-order valence-corrected chi connectivity index (χ3v) is 11.0. The molecule has 0 aromatic heterocycles. The molecule has 1 nitrogen and oxygen atoms in total. The molecule has 158 valence electrons. The van der Waals surface area contributed by atoms with Crippen LogP contribution in [0.1, 0.15) is 45.7 Å². The minimum Gasteiger partial charge on any atom is -0.403 e.